The van der Waals surface area contributed by atoms with Gasteiger partial charge in [-0.2, -0.15) is 0 Å². The van der Waals surface area contributed by atoms with Crippen molar-refractivity contribution in [2.24, 2.45) is 21.8 Å². The monoisotopic (exact) mass is 221 g/mol. The topological polar surface area (TPSA) is 81.1 Å². The van der Waals surface area contributed by atoms with Crippen molar-refractivity contribution in [1.29, 1.82) is 0 Å². The number of nitrogens with one attached hydrogen (secondary N) is 1. The first kappa shape index (κ1) is 14.1. The van der Waals surface area contributed by atoms with Crippen molar-refractivity contribution in [2.45, 2.75) is 47.6 Å². The maximum absolute atomic E-state index is 11.4. The highest BCUT2D eigenvalue weighted by Gasteiger charge is 2.37. The quantitative estimate of drug-likeness (QED) is 0.623. The molecule has 5 heteroatoms. The number of rotatable bonds is 2. The minimum atomic E-state index is -3.16. The van der Waals surface area contributed by atoms with Gasteiger partial charge in [0.1, 0.15) is 0 Å². The van der Waals surface area contributed by atoms with Crippen LogP contribution in [0.1, 0.15) is 41.5 Å². The largest absolute Gasteiger partial charge is 0.274 e. The molecule has 0 aliphatic carbocycles. The van der Waals surface area contributed by atoms with Crippen LogP contribution in [-0.2, 0) is 4.57 Å². The van der Waals surface area contributed by atoms with Crippen molar-refractivity contribution in [2.75, 3.05) is 0 Å². The third-order valence-corrected chi connectivity index (χ3v) is 2.72. The molecular formula is C9H24N3OP. The van der Waals surface area contributed by atoms with Crippen LogP contribution in [0.15, 0.2) is 0 Å². The van der Waals surface area contributed by atoms with Crippen LogP contribution >= 0.6 is 7.59 Å². The maximum atomic E-state index is 11.4. The minimum Gasteiger partial charge on any atom is -0.271 e. The zero-order valence-corrected chi connectivity index (χ0v) is 11.0. The van der Waals surface area contributed by atoms with Gasteiger partial charge < -0.3 is 0 Å². The average Bonchev–Trinajstić information content (AvgIpc) is 1.75. The van der Waals surface area contributed by atoms with Crippen LogP contribution in [0, 0.1) is 10.8 Å². The van der Waals surface area contributed by atoms with Crippen LogP contribution in [0.5, 0.6) is 0 Å². The van der Waals surface area contributed by atoms with Crippen molar-refractivity contribution in [1.82, 2.24) is 5.09 Å². The summed E-state index contributed by atoms with van der Waals surface area (Å²) in [6, 6.07) is 0.0100. The molecule has 14 heavy (non-hydrogen) atoms. The average molecular weight is 221 g/mol. The van der Waals surface area contributed by atoms with E-state index < -0.39 is 7.59 Å². The Balaban J connectivity index is 4.87. The van der Waals surface area contributed by atoms with Gasteiger partial charge in [0.25, 0.3) is 7.59 Å². The van der Waals surface area contributed by atoms with E-state index in [1.807, 2.05) is 0 Å². The van der Waals surface area contributed by atoms with Crippen LogP contribution < -0.4 is 16.1 Å². The first-order valence-corrected chi connectivity index (χ1v) is 6.63. The summed E-state index contributed by atoms with van der Waals surface area (Å²) in [6.45, 7) is 12.4. The lowest BCUT2D eigenvalue weighted by molar-refractivity contribution is 0.162. The summed E-state index contributed by atoms with van der Waals surface area (Å²) in [5, 5.41) is 2.85. The summed E-state index contributed by atoms with van der Waals surface area (Å²) in [5.41, 5.74) is 10.6. The molecule has 0 aromatic rings. The standard InChI is InChI=1S/C9H24N3OP/c1-8(2,3)7(9(4,5)6)12-14(10,11)13/h7H,1-6H3,(H5,10,11,12,13). The summed E-state index contributed by atoms with van der Waals surface area (Å²) in [4.78, 5) is 0. The predicted molar refractivity (Wildman–Crippen MR) is 61.8 cm³/mol. The zero-order valence-electron chi connectivity index (χ0n) is 10.1. The van der Waals surface area contributed by atoms with E-state index in [1.165, 1.54) is 0 Å². The van der Waals surface area contributed by atoms with Crippen LogP contribution in [0.2, 0.25) is 0 Å². The summed E-state index contributed by atoms with van der Waals surface area (Å²) in [5.74, 6) is 0. The summed E-state index contributed by atoms with van der Waals surface area (Å²) in [7, 11) is -3.16. The van der Waals surface area contributed by atoms with E-state index in [4.69, 9.17) is 11.0 Å². The Hall–Kier alpha value is 0.110. The molecule has 5 N–H and O–H groups in total. The van der Waals surface area contributed by atoms with Gasteiger partial charge in [-0.1, -0.05) is 41.5 Å². The molecule has 0 rings (SSSR count). The first-order valence-electron chi connectivity index (χ1n) is 4.79. The number of nitrogens with two attached hydrogens (primary N) is 2. The van der Waals surface area contributed by atoms with Gasteiger partial charge in [0.05, 0.1) is 0 Å². The fourth-order valence-corrected chi connectivity index (χ4v) is 3.07. The molecule has 0 fully saturated rings. The highest BCUT2D eigenvalue weighted by Crippen LogP contribution is 2.37. The Labute approximate surface area is 87.3 Å². The molecule has 0 amide bonds. The van der Waals surface area contributed by atoms with E-state index >= 15 is 0 Å². The number of hydrogen-bond donors (Lipinski definition) is 3. The van der Waals surface area contributed by atoms with Gasteiger partial charge in [-0.3, -0.25) is 15.6 Å². The molecule has 4 nitrogen and oxygen atoms in total. The summed E-state index contributed by atoms with van der Waals surface area (Å²) in [6.07, 6.45) is 0. The highest BCUT2D eigenvalue weighted by molar-refractivity contribution is 7.56. The third-order valence-electron chi connectivity index (χ3n) is 2.06. The van der Waals surface area contributed by atoms with Crippen LogP contribution in [-0.4, -0.2) is 6.04 Å². The van der Waals surface area contributed by atoms with Crippen molar-refractivity contribution in [3.05, 3.63) is 0 Å². The fraction of sp³-hybridized carbons (Fsp3) is 1.00. The Bertz CT molecular complexity index is 219. The Morgan fingerprint density at radius 2 is 1.29 bits per heavy atom. The maximum Gasteiger partial charge on any atom is 0.274 e. The molecule has 0 aliphatic rings. The third kappa shape index (κ3) is 5.11. The van der Waals surface area contributed by atoms with E-state index in [1.54, 1.807) is 0 Å². The van der Waals surface area contributed by atoms with Gasteiger partial charge in [0, 0.05) is 6.04 Å². The van der Waals surface area contributed by atoms with Crippen molar-refractivity contribution >= 4 is 7.59 Å². The van der Waals surface area contributed by atoms with Crippen LogP contribution in [0.25, 0.3) is 0 Å². The molecule has 0 spiro atoms. The van der Waals surface area contributed by atoms with Gasteiger partial charge in [-0.25, -0.2) is 5.09 Å². The van der Waals surface area contributed by atoms with Crippen molar-refractivity contribution in [3.8, 4) is 0 Å². The molecule has 0 atom stereocenters. The molecule has 0 bridgehead atoms. The molecule has 0 saturated heterocycles. The van der Waals surface area contributed by atoms with Gasteiger partial charge in [0.15, 0.2) is 0 Å². The van der Waals surface area contributed by atoms with E-state index in [-0.39, 0.29) is 16.9 Å². The molecule has 0 unspecified atom stereocenters. The molecule has 0 aromatic carbocycles. The molecule has 0 heterocycles. The van der Waals surface area contributed by atoms with Crippen LogP contribution in [0.3, 0.4) is 0 Å². The second-order valence-corrected chi connectivity index (χ2v) is 7.68. The SMILES string of the molecule is CC(C)(C)C(NP(N)(N)=O)C(C)(C)C. The molecule has 0 aliphatic heterocycles. The van der Waals surface area contributed by atoms with E-state index in [9.17, 15) is 4.57 Å². The first-order chi connectivity index (χ1) is 5.84. The van der Waals surface area contributed by atoms with Gasteiger partial charge >= 0.3 is 0 Å². The lowest BCUT2D eigenvalue weighted by Crippen LogP contribution is -2.49. The second kappa shape index (κ2) is 3.93. The van der Waals surface area contributed by atoms with Gasteiger partial charge in [-0.15, -0.1) is 0 Å². The molecular weight excluding hydrogens is 197 g/mol. The summed E-state index contributed by atoms with van der Waals surface area (Å²) < 4.78 is 11.4. The predicted octanol–water partition coefficient (Wildman–Crippen LogP) is 2.06. The van der Waals surface area contributed by atoms with E-state index in [2.05, 4.69) is 46.6 Å². The van der Waals surface area contributed by atoms with Crippen molar-refractivity contribution in [3.63, 3.8) is 0 Å². The van der Waals surface area contributed by atoms with E-state index in [0.717, 1.165) is 0 Å². The highest BCUT2D eigenvalue weighted by atomic mass is 31.2. The number of hydrogen-bond acceptors (Lipinski definition) is 1. The molecule has 0 aromatic heterocycles. The van der Waals surface area contributed by atoms with E-state index in [0.29, 0.717) is 0 Å². The Morgan fingerprint density at radius 3 is 1.36 bits per heavy atom. The molecule has 0 saturated carbocycles. The fourth-order valence-electron chi connectivity index (χ4n) is 1.89. The smallest absolute Gasteiger partial charge is 0.271 e. The Kier molecular flexibility index (Phi) is 3.96. The van der Waals surface area contributed by atoms with Crippen molar-refractivity contribution < 1.29 is 4.57 Å². The zero-order chi connectivity index (χ0) is 11.8. The second-order valence-electron chi connectivity index (χ2n) is 6.00. The minimum absolute atomic E-state index is 0.0100. The van der Waals surface area contributed by atoms with Gasteiger partial charge in [0.2, 0.25) is 0 Å². The normalized spacial score (nSPS) is 14.9. The van der Waals surface area contributed by atoms with Gasteiger partial charge in [-0.05, 0) is 10.8 Å². The molecule has 86 valence electrons. The Morgan fingerprint density at radius 1 is 1.00 bits per heavy atom. The summed E-state index contributed by atoms with van der Waals surface area (Å²) >= 11 is 0. The van der Waals surface area contributed by atoms with Crippen LogP contribution in [0.4, 0.5) is 0 Å². The molecule has 0 radical (unpaired) electrons. The lowest BCUT2D eigenvalue weighted by Gasteiger charge is -2.41. The lowest BCUT2D eigenvalue weighted by atomic mass is 9.73.